The Balaban J connectivity index is 1.60. The number of nitrogens with two attached hydrogens (primary N) is 1. The van der Waals surface area contributed by atoms with Gasteiger partial charge in [0.1, 0.15) is 17.2 Å². The van der Waals surface area contributed by atoms with E-state index >= 15 is 0 Å². The van der Waals surface area contributed by atoms with Crippen molar-refractivity contribution in [1.82, 2.24) is 9.88 Å². The fourth-order valence-electron chi connectivity index (χ4n) is 3.22. The highest BCUT2D eigenvalue weighted by Crippen LogP contribution is 2.35. The largest absolute Gasteiger partial charge is 0.496 e. The van der Waals surface area contributed by atoms with Crippen molar-refractivity contribution in [2.24, 2.45) is 5.73 Å². The van der Waals surface area contributed by atoms with Gasteiger partial charge in [0, 0.05) is 36.8 Å². The minimum atomic E-state index is -0.618. The van der Waals surface area contributed by atoms with E-state index in [-0.39, 0.29) is 11.6 Å². The van der Waals surface area contributed by atoms with Crippen molar-refractivity contribution in [1.29, 1.82) is 0 Å². The monoisotopic (exact) mass is 440 g/mol. The standard InChI is InChI=1S/C22H21ClN4O4/c1-27(12-3-4-12)22(29)26-17-6-5-13(9-16(17)23)31-19-7-8-25-18-11-20(30-2)15(21(24)28)10-14(18)19/h5-12H,3-4H2,1-2H3,(H2,24,28)(H,26,29). The first-order valence-corrected chi connectivity index (χ1v) is 10.0. The van der Waals surface area contributed by atoms with Crippen molar-refractivity contribution in [3.8, 4) is 17.2 Å². The van der Waals surface area contributed by atoms with Crippen molar-refractivity contribution >= 4 is 40.1 Å². The number of hydrogen-bond acceptors (Lipinski definition) is 5. The highest BCUT2D eigenvalue weighted by molar-refractivity contribution is 6.33. The van der Waals surface area contributed by atoms with Crippen LogP contribution in [-0.4, -0.2) is 42.0 Å². The lowest BCUT2D eigenvalue weighted by Crippen LogP contribution is -2.33. The van der Waals surface area contributed by atoms with Crippen LogP contribution in [0.3, 0.4) is 0 Å². The number of aromatic nitrogens is 1. The first-order chi connectivity index (χ1) is 14.9. The number of rotatable bonds is 6. The van der Waals surface area contributed by atoms with Crippen LogP contribution in [0.2, 0.25) is 5.02 Å². The lowest BCUT2D eigenvalue weighted by atomic mass is 10.1. The number of amides is 3. The number of nitrogens with zero attached hydrogens (tertiary/aromatic N) is 2. The molecule has 4 rings (SSSR count). The summed E-state index contributed by atoms with van der Waals surface area (Å²) in [4.78, 5) is 30.0. The van der Waals surface area contributed by atoms with E-state index in [2.05, 4.69) is 10.3 Å². The van der Waals surface area contributed by atoms with Gasteiger partial charge in [-0.1, -0.05) is 11.6 Å². The second-order valence-electron chi connectivity index (χ2n) is 7.26. The molecular formula is C22H21ClN4O4. The number of urea groups is 1. The molecule has 31 heavy (non-hydrogen) atoms. The van der Waals surface area contributed by atoms with E-state index in [1.165, 1.54) is 7.11 Å². The summed E-state index contributed by atoms with van der Waals surface area (Å²) in [6.45, 7) is 0. The molecule has 1 aromatic heterocycles. The van der Waals surface area contributed by atoms with Crippen LogP contribution in [0.4, 0.5) is 10.5 Å². The van der Waals surface area contributed by atoms with Gasteiger partial charge in [0.05, 0.1) is 28.9 Å². The molecular weight excluding hydrogens is 420 g/mol. The van der Waals surface area contributed by atoms with E-state index in [1.807, 2.05) is 0 Å². The van der Waals surface area contributed by atoms with E-state index < -0.39 is 5.91 Å². The Morgan fingerprint density at radius 2 is 1.97 bits per heavy atom. The van der Waals surface area contributed by atoms with Crippen molar-refractivity contribution < 1.29 is 19.1 Å². The van der Waals surface area contributed by atoms with Crippen LogP contribution in [0, 0.1) is 0 Å². The lowest BCUT2D eigenvalue weighted by molar-refractivity contribution is 0.0997. The number of anilines is 1. The number of methoxy groups -OCH3 is 1. The van der Waals surface area contributed by atoms with Gasteiger partial charge in [0.15, 0.2) is 0 Å². The molecule has 160 valence electrons. The highest BCUT2D eigenvalue weighted by atomic mass is 35.5. The summed E-state index contributed by atoms with van der Waals surface area (Å²) in [5.41, 5.74) is 6.77. The maximum Gasteiger partial charge on any atom is 0.321 e. The smallest absolute Gasteiger partial charge is 0.321 e. The summed E-state index contributed by atoms with van der Waals surface area (Å²) >= 11 is 6.36. The number of carbonyl (C=O) groups is 2. The summed E-state index contributed by atoms with van der Waals surface area (Å²) in [7, 11) is 3.22. The molecule has 9 heteroatoms. The molecule has 3 amide bonds. The Morgan fingerprint density at radius 1 is 1.19 bits per heavy atom. The number of carbonyl (C=O) groups excluding carboxylic acids is 2. The molecule has 0 radical (unpaired) electrons. The third kappa shape index (κ3) is 4.34. The molecule has 0 spiro atoms. The number of ether oxygens (including phenoxy) is 2. The lowest BCUT2D eigenvalue weighted by Gasteiger charge is -2.18. The Kier molecular flexibility index (Phi) is 5.56. The Morgan fingerprint density at radius 3 is 2.61 bits per heavy atom. The molecule has 1 aliphatic rings. The third-order valence-electron chi connectivity index (χ3n) is 5.11. The van der Waals surface area contributed by atoms with Gasteiger partial charge in [-0.05, 0) is 37.1 Å². The minimum absolute atomic E-state index is 0.203. The van der Waals surface area contributed by atoms with Gasteiger partial charge < -0.3 is 25.4 Å². The van der Waals surface area contributed by atoms with Crippen molar-refractivity contribution in [3.63, 3.8) is 0 Å². The predicted octanol–water partition coefficient (Wildman–Crippen LogP) is 4.41. The average molecular weight is 441 g/mol. The van der Waals surface area contributed by atoms with Crippen LogP contribution in [0.15, 0.2) is 42.6 Å². The van der Waals surface area contributed by atoms with Gasteiger partial charge in [-0.15, -0.1) is 0 Å². The van der Waals surface area contributed by atoms with Crippen LogP contribution < -0.4 is 20.5 Å². The van der Waals surface area contributed by atoms with Crippen molar-refractivity contribution in [3.05, 3.63) is 53.2 Å². The quantitative estimate of drug-likeness (QED) is 0.590. The molecule has 0 saturated heterocycles. The number of benzene rings is 2. The number of fused-ring (bicyclic) bond motifs is 1. The zero-order chi connectivity index (χ0) is 22.1. The van der Waals surface area contributed by atoms with Gasteiger partial charge in [0.25, 0.3) is 5.91 Å². The first-order valence-electron chi connectivity index (χ1n) is 9.65. The number of nitrogens with one attached hydrogen (secondary N) is 1. The molecule has 3 N–H and O–H groups in total. The van der Waals surface area contributed by atoms with Crippen LogP contribution in [0.1, 0.15) is 23.2 Å². The summed E-state index contributed by atoms with van der Waals surface area (Å²) in [5, 5.41) is 3.74. The molecule has 0 unspecified atom stereocenters. The number of primary amides is 1. The topological polar surface area (TPSA) is 107 Å². The molecule has 1 fully saturated rings. The zero-order valence-electron chi connectivity index (χ0n) is 17.0. The summed E-state index contributed by atoms with van der Waals surface area (Å²) < 4.78 is 11.2. The molecule has 0 bridgehead atoms. The molecule has 0 aliphatic heterocycles. The van der Waals surface area contributed by atoms with Crippen LogP contribution in [-0.2, 0) is 0 Å². The fourth-order valence-corrected chi connectivity index (χ4v) is 3.44. The maximum absolute atomic E-state index is 12.3. The van der Waals surface area contributed by atoms with E-state index in [0.29, 0.717) is 44.9 Å². The average Bonchev–Trinajstić information content (AvgIpc) is 3.59. The SMILES string of the molecule is COc1cc2nccc(Oc3ccc(NC(=O)N(C)C4CC4)c(Cl)c3)c2cc1C(N)=O. The normalized spacial score (nSPS) is 13.0. The number of hydrogen-bond donors (Lipinski definition) is 2. The Bertz CT molecular complexity index is 1180. The van der Waals surface area contributed by atoms with E-state index in [1.54, 1.807) is 54.5 Å². The van der Waals surface area contributed by atoms with E-state index in [4.69, 9.17) is 26.8 Å². The van der Waals surface area contributed by atoms with Gasteiger partial charge in [0.2, 0.25) is 0 Å². The van der Waals surface area contributed by atoms with Gasteiger partial charge in [-0.25, -0.2) is 4.79 Å². The summed E-state index contributed by atoms with van der Waals surface area (Å²) in [5.74, 6) is 0.649. The minimum Gasteiger partial charge on any atom is -0.496 e. The molecule has 1 aliphatic carbocycles. The molecule has 2 aromatic carbocycles. The molecule has 8 nitrogen and oxygen atoms in total. The Hall–Kier alpha value is -3.52. The van der Waals surface area contributed by atoms with Gasteiger partial charge >= 0.3 is 6.03 Å². The highest BCUT2D eigenvalue weighted by Gasteiger charge is 2.29. The number of pyridine rings is 1. The van der Waals surface area contributed by atoms with E-state index in [9.17, 15) is 9.59 Å². The fraction of sp³-hybridized carbons (Fsp3) is 0.227. The van der Waals surface area contributed by atoms with Crippen LogP contribution in [0.5, 0.6) is 17.2 Å². The summed E-state index contributed by atoms with van der Waals surface area (Å²) in [6, 6.07) is 9.97. The van der Waals surface area contributed by atoms with Crippen LogP contribution in [0.25, 0.3) is 10.9 Å². The first kappa shape index (κ1) is 20.7. The molecule has 1 heterocycles. The van der Waals surface area contributed by atoms with Crippen molar-refractivity contribution in [2.75, 3.05) is 19.5 Å². The predicted molar refractivity (Wildman–Crippen MR) is 118 cm³/mol. The molecule has 0 atom stereocenters. The second kappa shape index (κ2) is 8.31. The van der Waals surface area contributed by atoms with Gasteiger partial charge in [-0.3, -0.25) is 9.78 Å². The Labute approximate surface area is 183 Å². The zero-order valence-corrected chi connectivity index (χ0v) is 17.8. The molecule has 1 saturated carbocycles. The molecule has 3 aromatic rings. The van der Waals surface area contributed by atoms with Crippen LogP contribution >= 0.6 is 11.6 Å². The number of halogens is 1. The summed E-state index contributed by atoms with van der Waals surface area (Å²) in [6.07, 6.45) is 3.63. The second-order valence-corrected chi connectivity index (χ2v) is 7.67. The third-order valence-corrected chi connectivity index (χ3v) is 5.43. The van der Waals surface area contributed by atoms with Gasteiger partial charge in [-0.2, -0.15) is 0 Å². The van der Waals surface area contributed by atoms with Crippen molar-refractivity contribution in [2.45, 2.75) is 18.9 Å². The maximum atomic E-state index is 12.3. The van der Waals surface area contributed by atoms with E-state index in [0.717, 1.165) is 12.8 Å².